The normalized spacial score (nSPS) is 16.5. The van der Waals surface area contributed by atoms with E-state index in [0.717, 1.165) is 18.0 Å². The summed E-state index contributed by atoms with van der Waals surface area (Å²) in [5, 5.41) is 1.20. The Morgan fingerprint density at radius 2 is 2.19 bits per heavy atom. The smallest absolute Gasteiger partial charge is 0.0702 e. The molecule has 1 saturated carbocycles. The van der Waals surface area contributed by atoms with Crippen molar-refractivity contribution in [3.63, 3.8) is 0 Å². The summed E-state index contributed by atoms with van der Waals surface area (Å²) >= 11 is 0. The average molecular weight is 283 g/mol. The van der Waals surface area contributed by atoms with Crippen LogP contribution in [0.3, 0.4) is 0 Å². The van der Waals surface area contributed by atoms with Crippen LogP contribution in [0.2, 0.25) is 0 Å². The van der Waals surface area contributed by atoms with Gasteiger partial charge >= 0.3 is 0 Å². The SMILES string of the molecule is CCCN(CC1CC1)C(CN)c1ccc2ncccc2c1. The first-order valence-electron chi connectivity index (χ1n) is 8.10. The van der Waals surface area contributed by atoms with E-state index in [9.17, 15) is 0 Å². The maximum Gasteiger partial charge on any atom is 0.0702 e. The molecule has 1 fully saturated rings. The van der Waals surface area contributed by atoms with Gasteiger partial charge in [-0.1, -0.05) is 19.1 Å². The van der Waals surface area contributed by atoms with Crippen molar-refractivity contribution in [2.45, 2.75) is 32.2 Å². The number of rotatable bonds is 7. The second-order valence-corrected chi connectivity index (χ2v) is 6.15. The van der Waals surface area contributed by atoms with Gasteiger partial charge in [-0.15, -0.1) is 0 Å². The molecule has 1 unspecified atom stereocenters. The zero-order valence-electron chi connectivity index (χ0n) is 12.8. The molecule has 112 valence electrons. The van der Waals surface area contributed by atoms with Crippen LogP contribution in [0.5, 0.6) is 0 Å². The summed E-state index contributed by atoms with van der Waals surface area (Å²) in [6.07, 6.45) is 5.80. The molecule has 0 amide bonds. The highest BCUT2D eigenvalue weighted by atomic mass is 15.2. The minimum Gasteiger partial charge on any atom is -0.329 e. The summed E-state index contributed by atoms with van der Waals surface area (Å²) in [5.74, 6) is 0.896. The molecule has 21 heavy (non-hydrogen) atoms. The number of hydrogen-bond acceptors (Lipinski definition) is 3. The highest BCUT2D eigenvalue weighted by Crippen LogP contribution is 2.33. The molecule has 0 saturated heterocycles. The lowest BCUT2D eigenvalue weighted by Gasteiger charge is -2.31. The molecular weight excluding hydrogens is 258 g/mol. The Labute approximate surface area is 127 Å². The fraction of sp³-hybridized carbons (Fsp3) is 0.500. The zero-order valence-corrected chi connectivity index (χ0v) is 12.8. The van der Waals surface area contributed by atoms with Crippen molar-refractivity contribution < 1.29 is 0 Å². The third-order valence-electron chi connectivity index (χ3n) is 4.38. The van der Waals surface area contributed by atoms with Crippen LogP contribution >= 0.6 is 0 Å². The number of pyridine rings is 1. The van der Waals surface area contributed by atoms with Crippen molar-refractivity contribution in [2.75, 3.05) is 19.6 Å². The number of benzene rings is 1. The van der Waals surface area contributed by atoms with Crippen LogP contribution in [0.1, 0.15) is 37.8 Å². The maximum absolute atomic E-state index is 6.12. The second-order valence-electron chi connectivity index (χ2n) is 6.15. The molecule has 1 aliphatic carbocycles. The van der Waals surface area contributed by atoms with Crippen molar-refractivity contribution >= 4 is 10.9 Å². The molecule has 1 aromatic carbocycles. The first-order valence-corrected chi connectivity index (χ1v) is 8.10. The van der Waals surface area contributed by atoms with E-state index in [1.54, 1.807) is 0 Å². The molecule has 2 N–H and O–H groups in total. The van der Waals surface area contributed by atoms with Gasteiger partial charge in [0.1, 0.15) is 0 Å². The summed E-state index contributed by atoms with van der Waals surface area (Å²) < 4.78 is 0. The fourth-order valence-electron chi connectivity index (χ4n) is 3.09. The van der Waals surface area contributed by atoms with Gasteiger partial charge in [0.2, 0.25) is 0 Å². The third-order valence-corrected chi connectivity index (χ3v) is 4.38. The van der Waals surface area contributed by atoms with Crippen molar-refractivity contribution in [3.05, 3.63) is 42.1 Å². The molecule has 0 aliphatic heterocycles. The van der Waals surface area contributed by atoms with Gasteiger partial charge in [-0.2, -0.15) is 0 Å². The van der Waals surface area contributed by atoms with E-state index in [2.05, 4.69) is 41.1 Å². The Hall–Kier alpha value is -1.45. The van der Waals surface area contributed by atoms with Crippen molar-refractivity contribution in [1.82, 2.24) is 9.88 Å². The zero-order chi connectivity index (χ0) is 14.7. The number of hydrogen-bond donors (Lipinski definition) is 1. The highest BCUT2D eigenvalue weighted by Gasteiger charge is 2.28. The fourth-order valence-corrected chi connectivity index (χ4v) is 3.09. The molecule has 0 spiro atoms. The van der Waals surface area contributed by atoms with Gasteiger partial charge in [0, 0.05) is 30.7 Å². The predicted molar refractivity (Wildman–Crippen MR) is 88.1 cm³/mol. The van der Waals surface area contributed by atoms with Crippen LogP contribution in [0.25, 0.3) is 10.9 Å². The molecule has 0 radical (unpaired) electrons. The summed E-state index contributed by atoms with van der Waals surface area (Å²) in [6, 6.07) is 11.0. The number of nitrogens with zero attached hydrogens (tertiary/aromatic N) is 2. The predicted octanol–water partition coefficient (Wildman–Crippen LogP) is 3.36. The summed E-state index contributed by atoms with van der Waals surface area (Å²) in [7, 11) is 0. The van der Waals surface area contributed by atoms with Gasteiger partial charge in [0.25, 0.3) is 0 Å². The van der Waals surface area contributed by atoms with Gasteiger partial charge in [-0.25, -0.2) is 0 Å². The van der Waals surface area contributed by atoms with Crippen LogP contribution in [-0.2, 0) is 0 Å². The molecule has 3 heteroatoms. The molecule has 1 aliphatic rings. The molecule has 3 nitrogen and oxygen atoms in total. The molecule has 2 aromatic rings. The Kier molecular flexibility index (Phi) is 4.51. The summed E-state index contributed by atoms with van der Waals surface area (Å²) in [6.45, 7) is 5.25. The second kappa shape index (κ2) is 6.54. The molecular formula is C18H25N3. The van der Waals surface area contributed by atoms with Crippen LogP contribution in [0, 0.1) is 5.92 Å². The number of aromatic nitrogens is 1. The molecule has 1 heterocycles. The topological polar surface area (TPSA) is 42.1 Å². The third kappa shape index (κ3) is 3.42. The van der Waals surface area contributed by atoms with Gasteiger partial charge < -0.3 is 5.73 Å². The Morgan fingerprint density at radius 3 is 2.90 bits per heavy atom. The van der Waals surface area contributed by atoms with Crippen LogP contribution in [0.15, 0.2) is 36.5 Å². The van der Waals surface area contributed by atoms with Crippen molar-refractivity contribution in [1.29, 1.82) is 0 Å². The monoisotopic (exact) mass is 283 g/mol. The largest absolute Gasteiger partial charge is 0.329 e. The van der Waals surface area contributed by atoms with Crippen molar-refractivity contribution in [2.24, 2.45) is 11.7 Å². The van der Waals surface area contributed by atoms with Gasteiger partial charge in [0.15, 0.2) is 0 Å². The molecule has 3 rings (SSSR count). The summed E-state index contributed by atoms with van der Waals surface area (Å²) in [5.41, 5.74) is 8.50. The standard InChI is InChI=1S/C18H25N3/c1-2-10-21(13-14-5-6-14)18(12-19)16-7-8-17-15(11-16)4-3-9-20-17/h3-4,7-9,11,14,18H,2,5-6,10,12-13,19H2,1H3. The molecule has 1 aromatic heterocycles. The molecule has 0 bridgehead atoms. The van der Waals surface area contributed by atoms with Gasteiger partial charge in [-0.3, -0.25) is 9.88 Å². The van der Waals surface area contributed by atoms with E-state index in [1.807, 2.05) is 12.3 Å². The average Bonchev–Trinajstić information content (AvgIpc) is 3.32. The lowest BCUT2D eigenvalue weighted by Crippen LogP contribution is -2.36. The number of fused-ring (bicyclic) bond motifs is 1. The Balaban J connectivity index is 1.87. The van der Waals surface area contributed by atoms with Gasteiger partial charge in [0.05, 0.1) is 5.52 Å². The van der Waals surface area contributed by atoms with E-state index in [0.29, 0.717) is 12.6 Å². The van der Waals surface area contributed by atoms with E-state index < -0.39 is 0 Å². The summed E-state index contributed by atoms with van der Waals surface area (Å²) in [4.78, 5) is 6.98. The first-order chi connectivity index (χ1) is 10.3. The van der Waals surface area contributed by atoms with E-state index in [4.69, 9.17) is 5.73 Å². The maximum atomic E-state index is 6.12. The van der Waals surface area contributed by atoms with E-state index >= 15 is 0 Å². The quantitative estimate of drug-likeness (QED) is 0.847. The lowest BCUT2D eigenvalue weighted by atomic mass is 10.0. The highest BCUT2D eigenvalue weighted by molar-refractivity contribution is 5.79. The van der Waals surface area contributed by atoms with E-state index in [-0.39, 0.29) is 0 Å². The van der Waals surface area contributed by atoms with Gasteiger partial charge in [-0.05, 0) is 55.5 Å². The number of nitrogens with two attached hydrogens (primary N) is 1. The van der Waals surface area contributed by atoms with Crippen LogP contribution < -0.4 is 5.73 Å². The lowest BCUT2D eigenvalue weighted by molar-refractivity contribution is 0.193. The van der Waals surface area contributed by atoms with E-state index in [1.165, 1.54) is 36.8 Å². The Morgan fingerprint density at radius 1 is 1.33 bits per heavy atom. The van der Waals surface area contributed by atoms with Crippen LogP contribution in [-0.4, -0.2) is 29.5 Å². The first kappa shape index (κ1) is 14.5. The van der Waals surface area contributed by atoms with Crippen molar-refractivity contribution in [3.8, 4) is 0 Å². The Bertz CT molecular complexity index is 592. The minimum atomic E-state index is 0.329. The minimum absolute atomic E-state index is 0.329. The van der Waals surface area contributed by atoms with Crippen LogP contribution in [0.4, 0.5) is 0 Å². The molecule has 1 atom stereocenters.